The van der Waals surface area contributed by atoms with E-state index in [2.05, 4.69) is 31.8 Å². The Morgan fingerprint density at radius 2 is 1.85 bits per heavy atom. The highest BCUT2D eigenvalue weighted by molar-refractivity contribution is 6.33. The van der Waals surface area contributed by atoms with Gasteiger partial charge in [-0.15, -0.1) is 13.2 Å². The maximum atomic E-state index is 13.0. The summed E-state index contributed by atoms with van der Waals surface area (Å²) in [6.45, 7) is 6.13. The molecule has 4 aromatic rings. The Labute approximate surface area is 239 Å². The Kier molecular flexibility index (Phi) is 7.74. The SMILES string of the molecule is Cc1nc2ccc(Cl)cn2c1C(=O)NCc1ccc(N2CCN(c3ccc(OC(F)(F)F)cc3)[C@@H](C)C2)c(Cl)c1. The standard InChI is InChI=1S/C28H26Cl2F3N5O2/c1-17-15-36(11-12-37(17)21-5-7-22(8-6-21)40-28(31,32)33)24-9-3-19(13-23(24)30)14-34-27(39)26-18(2)35-25-10-4-20(29)16-38(25)26/h3-10,13,16-17H,11-12,14-15H2,1-2H3,(H,34,39)/t17-/m0/s1. The molecule has 1 N–H and O–H groups in total. The van der Waals surface area contributed by atoms with Gasteiger partial charge in [-0.1, -0.05) is 29.3 Å². The number of rotatable bonds is 6. The number of nitrogens with one attached hydrogen (secondary N) is 1. The van der Waals surface area contributed by atoms with Crippen molar-refractivity contribution in [1.29, 1.82) is 0 Å². The number of ether oxygens (including phenoxy) is 1. The molecule has 210 valence electrons. The van der Waals surface area contributed by atoms with E-state index in [1.807, 2.05) is 18.2 Å². The van der Waals surface area contributed by atoms with E-state index in [-0.39, 0.29) is 24.2 Å². The van der Waals surface area contributed by atoms with Crippen molar-refractivity contribution in [1.82, 2.24) is 14.7 Å². The molecule has 2 aromatic carbocycles. The van der Waals surface area contributed by atoms with Gasteiger partial charge in [0.2, 0.25) is 0 Å². The number of pyridine rings is 1. The number of hydrogen-bond donors (Lipinski definition) is 1. The van der Waals surface area contributed by atoms with Crippen LogP contribution in [0.15, 0.2) is 60.8 Å². The first-order valence-corrected chi connectivity index (χ1v) is 13.3. The highest BCUT2D eigenvalue weighted by atomic mass is 35.5. The van der Waals surface area contributed by atoms with Crippen molar-refractivity contribution in [3.63, 3.8) is 0 Å². The molecule has 1 saturated heterocycles. The number of fused-ring (bicyclic) bond motifs is 1. The molecule has 0 bridgehead atoms. The van der Waals surface area contributed by atoms with Gasteiger partial charge in [-0.25, -0.2) is 4.98 Å². The molecule has 12 heteroatoms. The average Bonchev–Trinajstić information content (AvgIpc) is 3.22. The summed E-state index contributed by atoms with van der Waals surface area (Å²) in [5.41, 5.74) is 4.22. The molecule has 0 saturated carbocycles. The lowest BCUT2D eigenvalue weighted by Gasteiger charge is -2.42. The molecule has 1 atom stereocenters. The van der Waals surface area contributed by atoms with Gasteiger partial charge in [0.05, 0.1) is 21.4 Å². The normalized spacial score (nSPS) is 15.9. The van der Waals surface area contributed by atoms with Gasteiger partial charge < -0.3 is 19.9 Å². The van der Waals surface area contributed by atoms with Gasteiger partial charge in [0.25, 0.3) is 5.91 Å². The molecular formula is C28H26Cl2F3N5O2. The number of nitrogens with zero attached hydrogens (tertiary/aromatic N) is 4. The van der Waals surface area contributed by atoms with E-state index in [0.717, 1.165) is 16.9 Å². The van der Waals surface area contributed by atoms with Crippen LogP contribution in [0.4, 0.5) is 24.5 Å². The number of alkyl halides is 3. The smallest absolute Gasteiger partial charge is 0.406 e. The first-order chi connectivity index (χ1) is 19.0. The summed E-state index contributed by atoms with van der Waals surface area (Å²) in [4.78, 5) is 21.7. The minimum Gasteiger partial charge on any atom is -0.406 e. The number of hydrogen-bond acceptors (Lipinski definition) is 5. The summed E-state index contributed by atoms with van der Waals surface area (Å²) in [5.74, 6) is -0.515. The molecule has 7 nitrogen and oxygen atoms in total. The number of piperazine rings is 1. The number of halogens is 5. The van der Waals surface area contributed by atoms with Crippen molar-refractivity contribution in [2.45, 2.75) is 32.8 Å². The Balaban J connectivity index is 1.21. The van der Waals surface area contributed by atoms with Crippen LogP contribution in [-0.2, 0) is 6.54 Å². The van der Waals surface area contributed by atoms with Gasteiger partial charge in [0.1, 0.15) is 17.1 Å². The third-order valence-electron chi connectivity index (χ3n) is 6.81. The van der Waals surface area contributed by atoms with Crippen LogP contribution in [0.5, 0.6) is 5.75 Å². The molecule has 1 aliphatic heterocycles. The molecule has 40 heavy (non-hydrogen) atoms. The number of benzene rings is 2. The minimum absolute atomic E-state index is 0.0837. The lowest BCUT2D eigenvalue weighted by Crippen LogP contribution is -2.52. The van der Waals surface area contributed by atoms with E-state index in [4.69, 9.17) is 23.2 Å². The quantitative estimate of drug-likeness (QED) is 0.277. The Morgan fingerprint density at radius 3 is 2.52 bits per heavy atom. The first kappa shape index (κ1) is 27.9. The number of carbonyl (C=O) groups excluding carboxylic acids is 1. The van der Waals surface area contributed by atoms with Crippen molar-refractivity contribution >= 4 is 46.1 Å². The third kappa shape index (κ3) is 6.08. The van der Waals surface area contributed by atoms with Crippen molar-refractivity contribution < 1.29 is 22.7 Å². The molecule has 1 aliphatic rings. The van der Waals surface area contributed by atoms with Crippen molar-refractivity contribution in [3.05, 3.63) is 87.8 Å². The molecule has 0 unspecified atom stereocenters. The highest BCUT2D eigenvalue weighted by Crippen LogP contribution is 2.32. The second kappa shape index (κ2) is 11.1. The lowest BCUT2D eigenvalue weighted by atomic mass is 10.1. The Morgan fingerprint density at radius 1 is 1.10 bits per heavy atom. The van der Waals surface area contributed by atoms with Gasteiger partial charge in [-0.2, -0.15) is 0 Å². The molecule has 1 fully saturated rings. The highest BCUT2D eigenvalue weighted by Gasteiger charge is 2.31. The first-order valence-electron chi connectivity index (χ1n) is 12.6. The average molecular weight is 592 g/mol. The van der Waals surface area contributed by atoms with Crippen LogP contribution in [0, 0.1) is 6.92 Å². The van der Waals surface area contributed by atoms with E-state index in [1.54, 1.807) is 41.8 Å². The largest absolute Gasteiger partial charge is 0.573 e. The molecule has 0 aliphatic carbocycles. The lowest BCUT2D eigenvalue weighted by molar-refractivity contribution is -0.274. The summed E-state index contributed by atoms with van der Waals surface area (Å²) < 4.78 is 43.0. The molecule has 2 aromatic heterocycles. The van der Waals surface area contributed by atoms with Crippen LogP contribution in [0.1, 0.15) is 28.7 Å². The Bertz CT molecular complexity index is 1540. The van der Waals surface area contributed by atoms with Crippen molar-refractivity contribution in [3.8, 4) is 5.75 Å². The number of aryl methyl sites for hydroxylation is 1. The second-order valence-corrected chi connectivity index (χ2v) is 10.5. The summed E-state index contributed by atoms with van der Waals surface area (Å²) >= 11 is 12.8. The fraction of sp³-hybridized carbons (Fsp3) is 0.286. The number of amides is 1. The van der Waals surface area contributed by atoms with Crippen molar-refractivity contribution in [2.24, 2.45) is 0 Å². The fourth-order valence-electron chi connectivity index (χ4n) is 4.99. The van der Waals surface area contributed by atoms with Crippen LogP contribution >= 0.6 is 23.2 Å². The van der Waals surface area contributed by atoms with Gasteiger partial charge >= 0.3 is 6.36 Å². The molecule has 0 radical (unpaired) electrons. The third-order valence-corrected chi connectivity index (χ3v) is 7.33. The summed E-state index contributed by atoms with van der Waals surface area (Å²) in [5, 5.41) is 4.01. The second-order valence-electron chi connectivity index (χ2n) is 9.62. The van der Waals surface area contributed by atoms with E-state index < -0.39 is 6.36 Å². The fourth-order valence-corrected chi connectivity index (χ4v) is 5.48. The van der Waals surface area contributed by atoms with Gasteiger partial charge in [-0.3, -0.25) is 9.20 Å². The summed E-state index contributed by atoms with van der Waals surface area (Å²) in [6, 6.07) is 15.2. The predicted octanol–water partition coefficient (Wildman–Crippen LogP) is 6.49. The molecule has 1 amide bonds. The van der Waals surface area contributed by atoms with Crippen LogP contribution in [0.2, 0.25) is 10.0 Å². The number of aromatic nitrogens is 2. The van der Waals surface area contributed by atoms with E-state index in [9.17, 15) is 18.0 Å². The summed E-state index contributed by atoms with van der Waals surface area (Å²) in [7, 11) is 0. The topological polar surface area (TPSA) is 62.1 Å². The van der Waals surface area contributed by atoms with E-state index in [1.165, 1.54) is 12.1 Å². The van der Waals surface area contributed by atoms with Crippen LogP contribution < -0.4 is 19.9 Å². The Hall–Kier alpha value is -3.63. The molecule has 3 heterocycles. The molecular weight excluding hydrogens is 566 g/mol. The van der Waals surface area contributed by atoms with E-state index >= 15 is 0 Å². The zero-order valence-corrected chi connectivity index (χ0v) is 23.2. The minimum atomic E-state index is -4.72. The maximum Gasteiger partial charge on any atom is 0.573 e. The van der Waals surface area contributed by atoms with Gasteiger partial charge in [0, 0.05) is 44.1 Å². The zero-order chi connectivity index (χ0) is 28.6. The molecule has 0 spiro atoms. The monoisotopic (exact) mass is 591 g/mol. The van der Waals surface area contributed by atoms with Crippen LogP contribution in [0.25, 0.3) is 5.65 Å². The van der Waals surface area contributed by atoms with Crippen molar-refractivity contribution in [2.75, 3.05) is 29.4 Å². The summed E-state index contributed by atoms with van der Waals surface area (Å²) in [6.07, 6.45) is -3.06. The van der Waals surface area contributed by atoms with Gasteiger partial charge in [0.15, 0.2) is 0 Å². The molecule has 5 rings (SSSR count). The number of anilines is 2. The maximum absolute atomic E-state index is 13.0. The van der Waals surface area contributed by atoms with Gasteiger partial charge in [-0.05, 0) is 67.9 Å². The predicted molar refractivity (Wildman–Crippen MR) is 150 cm³/mol. The van der Waals surface area contributed by atoms with Crippen LogP contribution in [-0.4, -0.2) is 47.3 Å². The number of carbonyl (C=O) groups is 1. The van der Waals surface area contributed by atoms with E-state index in [0.29, 0.717) is 46.7 Å². The number of imidazole rings is 1. The zero-order valence-electron chi connectivity index (χ0n) is 21.7. The van der Waals surface area contributed by atoms with Crippen LogP contribution in [0.3, 0.4) is 0 Å².